The van der Waals surface area contributed by atoms with E-state index in [2.05, 4.69) is 34.7 Å². The van der Waals surface area contributed by atoms with Gasteiger partial charge in [-0.25, -0.2) is 9.36 Å². The molecule has 10 atom stereocenters. The van der Waals surface area contributed by atoms with Gasteiger partial charge in [0.05, 0.1) is 12.6 Å². The number of methoxy groups -OCH3 is 1. The number of rotatable bonds is 4. The number of benzene rings is 2. The largest absolute Gasteiger partial charge is 0.452 e. The van der Waals surface area contributed by atoms with Crippen molar-refractivity contribution in [1.82, 2.24) is 19.4 Å². The van der Waals surface area contributed by atoms with Gasteiger partial charge in [0.25, 0.3) is 0 Å². The maximum Gasteiger partial charge on any atom is 0.418 e. The van der Waals surface area contributed by atoms with E-state index in [1.807, 2.05) is 24.3 Å². The zero-order valence-electron chi connectivity index (χ0n) is 32.4. The minimum atomic E-state index is -0.340. The number of piperidine rings is 4. The first-order valence-electron chi connectivity index (χ1n) is 20.4. The normalized spacial score (nSPS) is 31.4. The van der Waals surface area contributed by atoms with Gasteiger partial charge in [-0.05, 0) is 110 Å². The van der Waals surface area contributed by atoms with Crippen LogP contribution in [0, 0.1) is 23.7 Å². The summed E-state index contributed by atoms with van der Waals surface area (Å²) in [7, 11) is 1.44. The zero-order valence-corrected chi connectivity index (χ0v) is 32.4. The molecule has 286 valence electrons. The molecule has 2 aliphatic carbocycles. The number of carbonyl (C=O) groups is 3. The average molecular weight is 735 g/mol. The van der Waals surface area contributed by atoms with Crippen LogP contribution in [0.15, 0.2) is 36.4 Å². The van der Waals surface area contributed by atoms with Crippen molar-refractivity contribution in [2.75, 3.05) is 33.3 Å². The summed E-state index contributed by atoms with van der Waals surface area (Å²) in [4.78, 5) is 44.8. The molecule has 12 rings (SSSR count). The van der Waals surface area contributed by atoms with Crippen molar-refractivity contribution in [2.45, 2.75) is 103 Å². The number of esters is 2. The molecule has 2 saturated carbocycles. The second-order valence-electron chi connectivity index (χ2n) is 17.0. The van der Waals surface area contributed by atoms with Crippen LogP contribution in [0.4, 0.5) is 4.79 Å². The van der Waals surface area contributed by atoms with E-state index in [-0.39, 0.29) is 18.0 Å². The highest BCUT2D eigenvalue weighted by atomic mass is 16.5. The number of fused-ring (bicyclic) bond motifs is 8. The number of aromatic nitrogens is 2. The molecule has 8 aliphatic rings. The Morgan fingerprint density at radius 3 is 1.93 bits per heavy atom. The quantitative estimate of drug-likeness (QED) is 0.167. The van der Waals surface area contributed by atoms with Crippen LogP contribution in [0.2, 0.25) is 0 Å². The molecule has 8 bridgehead atoms. The molecule has 0 radical (unpaired) electrons. The number of nitrogens with zero attached hydrogens (tertiary/aromatic N) is 3. The molecule has 1 N–H and O–H groups in total. The number of nitrogens with one attached hydrogen (secondary N) is 1. The van der Waals surface area contributed by atoms with Crippen LogP contribution in [-0.2, 0) is 27.2 Å². The lowest BCUT2D eigenvalue weighted by molar-refractivity contribution is -0.132. The fraction of sp³-hybridized carbons (Fsp3) is 0.568. The summed E-state index contributed by atoms with van der Waals surface area (Å²) in [6, 6.07) is 12.8. The molecule has 2 aromatic carbocycles. The van der Waals surface area contributed by atoms with Crippen LogP contribution < -0.4 is 9.47 Å². The third kappa shape index (κ3) is 5.86. The van der Waals surface area contributed by atoms with Gasteiger partial charge in [-0.15, -0.1) is 0 Å². The summed E-state index contributed by atoms with van der Waals surface area (Å²) in [6.07, 6.45) is 9.31. The topological polar surface area (TPSA) is 106 Å². The Balaban J connectivity index is 0.000000144. The fourth-order valence-corrected chi connectivity index (χ4v) is 12.2. The standard InChI is InChI=1S/C23H28N2O4.C21H26N2O2/c1-4-15-9-14-10-19-21(15)24(12-14)8-7-17-18-11-16(29-13(2)26)5-6-20(18)25(22(17)19)23(27)28-3;1-3-14-8-13-9-18-20-16(6-7-23(11-13)21(14)18)17-10-15(25-12(2)24)4-5-19(17)22-20/h5-6,11,14-15,19,21H,4,7-10,12H2,1-3H3;4-5,10,13-14,18,21-22H,3,6-9,11H2,1-2H3/t14-,15-,19+,21?;13-,14-,18-,21?/m00/s1. The lowest BCUT2D eigenvalue weighted by Gasteiger charge is -2.53. The molecule has 4 unspecified atom stereocenters. The number of H-pyrrole nitrogens is 1. The number of aromatic amines is 1. The van der Waals surface area contributed by atoms with E-state index < -0.39 is 0 Å². The molecule has 0 amide bonds. The Kier molecular flexibility index (Phi) is 9.12. The summed E-state index contributed by atoms with van der Waals surface area (Å²) in [5.41, 5.74) is 7.30. The third-order valence-electron chi connectivity index (χ3n) is 14.0. The monoisotopic (exact) mass is 734 g/mol. The minimum Gasteiger partial charge on any atom is -0.452 e. The molecule has 2 aromatic heterocycles. The molecule has 6 aliphatic heterocycles. The molecule has 4 aromatic rings. The van der Waals surface area contributed by atoms with Crippen LogP contribution in [0.3, 0.4) is 0 Å². The molecule has 10 heteroatoms. The summed E-state index contributed by atoms with van der Waals surface area (Å²) < 4.78 is 17.7. The Bertz CT molecular complexity index is 2130. The highest BCUT2D eigenvalue weighted by molar-refractivity contribution is 5.95. The van der Waals surface area contributed by atoms with Gasteiger partial charge in [-0.1, -0.05) is 26.7 Å². The van der Waals surface area contributed by atoms with Crippen molar-refractivity contribution in [1.29, 1.82) is 0 Å². The van der Waals surface area contributed by atoms with Gasteiger partial charge in [-0.3, -0.25) is 19.4 Å². The first kappa shape index (κ1) is 35.5. The van der Waals surface area contributed by atoms with Gasteiger partial charge >= 0.3 is 18.0 Å². The molecular weight excluding hydrogens is 681 g/mol. The van der Waals surface area contributed by atoms with Crippen molar-refractivity contribution < 1.29 is 28.6 Å². The van der Waals surface area contributed by atoms with E-state index in [0.29, 0.717) is 47.3 Å². The number of hydrogen-bond donors (Lipinski definition) is 1. The SMILES string of the molecule is CC[C@H]1C[C@H]2C[C@H]3c4[nH]c5ccc(OC(C)=O)cc5c4CCN(C2)C13.CC[C@H]1C[C@H]2C[C@H]3c4c(c5cc(OC(C)=O)ccc5n4C(=O)OC)CCN(C2)C13. The van der Waals surface area contributed by atoms with Crippen molar-refractivity contribution in [3.63, 3.8) is 0 Å². The molecule has 4 saturated heterocycles. The Hall–Kier alpha value is -4.15. The maximum absolute atomic E-state index is 12.9. The first-order valence-corrected chi connectivity index (χ1v) is 20.4. The van der Waals surface area contributed by atoms with Gasteiger partial charge in [0.15, 0.2) is 0 Å². The second kappa shape index (κ2) is 13.9. The van der Waals surface area contributed by atoms with E-state index in [1.54, 1.807) is 10.6 Å². The van der Waals surface area contributed by atoms with E-state index in [1.165, 1.54) is 93.9 Å². The number of hydrogen-bond acceptors (Lipinski definition) is 8. The fourth-order valence-electron chi connectivity index (χ4n) is 12.2. The predicted octanol–water partition coefficient (Wildman–Crippen LogP) is 7.79. The first-order chi connectivity index (χ1) is 26.1. The van der Waals surface area contributed by atoms with E-state index >= 15 is 0 Å². The van der Waals surface area contributed by atoms with Crippen LogP contribution in [0.5, 0.6) is 11.5 Å². The molecule has 0 spiro atoms. The molecular formula is C44H54N4O6. The lowest BCUT2D eigenvalue weighted by atomic mass is 9.65. The van der Waals surface area contributed by atoms with E-state index in [4.69, 9.17) is 14.2 Å². The average Bonchev–Trinajstić information content (AvgIpc) is 3.62. The Labute approximate surface area is 317 Å². The van der Waals surface area contributed by atoms with Gasteiger partial charge in [0, 0.05) is 91.6 Å². The van der Waals surface area contributed by atoms with Crippen LogP contribution >= 0.6 is 0 Å². The molecule has 10 nitrogen and oxygen atoms in total. The second-order valence-corrected chi connectivity index (χ2v) is 17.0. The summed E-state index contributed by atoms with van der Waals surface area (Å²) in [6.45, 7) is 12.2. The van der Waals surface area contributed by atoms with Gasteiger partial charge in [0.1, 0.15) is 11.5 Å². The smallest absolute Gasteiger partial charge is 0.418 e. The highest BCUT2D eigenvalue weighted by Crippen LogP contribution is 2.53. The zero-order chi connectivity index (χ0) is 37.4. The van der Waals surface area contributed by atoms with Gasteiger partial charge in [0.2, 0.25) is 0 Å². The molecule has 6 fully saturated rings. The van der Waals surface area contributed by atoms with Crippen molar-refractivity contribution in [2.24, 2.45) is 23.7 Å². The number of carbonyl (C=O) groups excluding carboxylic acids is 3. The van der Waals surface area contributed by atoms with Gasteiger partial charge < -0.3 is 19.2 Å². The third-order valence-corrected chi connectivity index (χ3v) is 14.0. The summed E-state index contributed by atoms with van der Waals surface area (Å²) in [5.74, 6) is 4.63. The van der Waals surface area contributed by atoms with E-state index in [0.717, 1.165) is 60.8 Å². The Morgan fingerprint density at radius 2 is 1.31 bits per heavy atom. The van der Waals surface area contributed by atoms with Crippen LogP contribution in [0.25, 0.3) is 21.8 Å². The summed E-state index contributed by atoms with van der Waals surface area (Å²) >= 11 is 0. The van der Waals surface area contributed by atoms with Crippen LogP contribution in [0.1, 0.15) is 101 Å². The van der Waals surface area contributed by atoms with Crippen LogP contribution in [-0.4, -0.2) is 82.8 Å². The number of ether oxygens (including phenoxy) is 3. The van der Waals surface area contributed by atoms with Crippen molar-refractivity contribution >= 4 is 39.8 Å². The maximum atomic E-state index is 12.9. The van der Waals surface area contributed by atoms with Crippen molar-refractivity contribution in [3.05, 3.63) is 58.9 Å². The summed E-state index contributed by atoms with van der Waals surface area (Å²) in [5, 5.41) is 2.24. The van der Waals surface area contributed by atoms with Crippen molar-refractivity contribution in [3.8, 4) is 11.5 Å². The predicted molar refractivity (Wildman–Crippen MR) is 207 cm³/mol. The van der Waals surface area contributed by atoms with Gasteiger partial charge in [-0.2, -0.15) is 0 Å². The molecule has 54 heavy (non-hydrogen) atoms. The minimum absolute atomic E-state index is 0.258. The lowest BCUT2D eigenvalue weighted by Crippen LogP contribution is -2.56. The Morgan fingerprint density at radius 1 is 0.741 bits per heavy atom. The highest BCUT2D eigenvalue weighted by Gasteiger charge is 2.51. The van der Waals surface area contributed by atoms with E-state index in [9.17, 15) is 14.4 Å². The molecule has 8 heterocycles.